The summed E-state index contributed by atoms with van der Waals surface area (Å²) in [5.74, 6) is 0.0394. The van der Waals surface area contributed by atoms with Crippen LogP contribution in [-0.2, 0) is 15.1 Å². The number of ether oxygens (including phenoxy) is 1. The van der Waals surface area contributed by atoms with Gasteiger partial charge in [0.15, 0.2) is 0 Å². The van der Waals surface area contributed by atoms with Gasteiger partial charge in [0.1, 0.15) is 18.1 Å². The van der Waals surface area contributed by atoms with Crippen molar-refractivity contribution in [3.05, 3.63) is 49.1 Å². The van der Waals surface area contributed by atoms with Crippen molar-refractivity contribution in [1.82, 2.24) is 24.4 Å². The number of fused-ring (bicyclic) bond motifs is 2. The molecule has 2 saturated heterocycles. The molecule has 8 nitrogen and oxygen atoms in total. The van der Waals surface area contributed by atoms with Crippen LogP contribution in [0.4, 0.5) is 0 Å². The van der Waals surface area contributed by atoms with Crippen LogP contribution in [0, 0.1) is 11.3 Å². The van der Waals surface area contributed by atoms with E-state index in [1.54, 1.807) is 6.33 Å². The van der Waals surface area contributed by atoms with Crippen LogP contribution in [-0.4, -0.2) is 56.1 Å². The van der Waals surface area contributed by atoms with Gasteiger partial charge in [-0.15, -0.1) is 0 Å². The number of amides is 1. The predicted molar refractivity (Wildman–Crippen MR) is 119 cm³/mol. The molecular weight excluding hydrogens is 404 g/mol. The van der Waals surface area contributed by atoms with E-state index in [9.17, 15) is 10.1 Å². The molecule has 2 aliphatic heterocycles. The molecule has 0 bridgehead atoms. The van der Waals surface area contributed by atoms with Crippen molar-refractivity contribution in [2.75, 3.05) is 19.7 Å². The molecule has 2 aliphatic rings. The van der Waals surface area contributed by atoms with Crippen LogP contribution >= 0.6 is 0 Å². The van der Waals surface area contributed by atoms with E-state index >= 15 is 0 Å². The maximum Gasteiger partial charge on any atom is 0.251 e. The molecule has 0 aliphatic carbocycles. The van der Waals surface area contributed by atoms with Gasteiger partial charge in [-0.3, -0.25) is 4.79 Å². The topological polar surface area (TPSA) is 99.8 Å². The first kappa shape index (κ1) is 19.0. The molecule has 1 aromatic carbocycles. The quantitative estimate of drug-likeness (QED) is 0.540. The summed E-state index contributed by atoms with van der Waals surface area (Å²) in [5, 5.41) is 11.7. The van der Waals surface area contributed by atoms with E-state index in [4.69, 9.17) is 4.74 Å². The number of aromatic amines is 1. The Bertz CT molecular complexity index is 1370. The summed E-state index contributed by atoms with van der Waals surface area (Å²) in [6.07, 6.45) is 7.20. The minimum absolute atomic E-state index is 0.0394. The zero-order valence-corrected chi connectivity index (χ0v) is 17.5. The number of para-hydroxylation sites is 1. The molecule has 0 radical (unpaired) electrons. The van der Waals surface area contributed by atoms with Gasteiger partial charge in [-0.2, -0.15) is 5.26 Å². The number of rotatable bonds is 4. The summed E-state index contributed by atoms with van der Waals surface area (Å²) in [5.41, 5.74) is 3.20. The highest BCUT2D eigenvalue weighted by Gasteiger charge is 2.49. The van der Waals surface area contributed by atoms with E-state index in [1.807, 2.05) is 29.3 Å². The van der Waals surface area contributed by atoms with Gasteiger partial charge >= 0.3 is 0 Å². The number of carbonyl (C=O) groups is 1. The lowest BCUT2D eigenvalue weighted by atomic mass is 9.85. The smallest absolute Gasteiger partial charge is 0.251 e. The molecule has 1 unspecified atom stereocenters. The van der Waals surface area contributed by atoms with Crippen molar-refractivity contribution in [3.8, 4) is 17.3 Å². The number of nitriles is 1. The summed E-state index contributed by atoms with van der Waals surface area (Å²) in [7, 11) is 0. The average molecular weight is 426 g/mol. The van der Waals surface area contributed by atoms with Crippen molar-refractivity contribution in [2.45, 2.75) is 30.9 Å². The molecule has 1 atom stereocenters. The predicted octanol–water partition coefficient (Wildman–Crippen LogP) is 3.21. The molecule has 32 heavy (non-hydrogen) atoms. The monoisotopic (exact) mass is 426 g/mol. The molecule has 3 aromatic heterocycles. The van der Waals surface area contributed by atoms with Gasteiger partial charge < -0.3 is 19.2 Å². The van der Waals surface area contributed by atoms with Gasteiger partial charge in [0, 0.05) is 53.9 Å². The Morgan fingerprint density at radius 1 is 1.25 bits per heavy atom. The van der Waals surface area contributed by atoms with E-state index < -0.39 is 5.54 Å². The molecule has 6 rings (SSSR count). The Morgan fingerprint density at radius 3 is 2.94 bits per heavy atom. The van der Waals surface area contributed by atoms with E-state index in [0.29, 0.717) is 26.1 Å². The summed E-state index contributed by atoms with van der Waals surface area (Å²) in [6, 6.07) is 12.5. The fourth-order valence-corrected chi connectivity index (χ4v) is 5.14. The number of hydrogen-bond acceptors (Lipinski definition) is 5. The van der Waals surface area contributed by atoms with E-state index in [-0.39, 0.29) is 12.0 Å². The van der Waals surface area contributed by atoms with Crippen LogP contribution < -0.4 is 0 Å². The second-order valence-electron chi connectivity index (χ2n) is 8.65. The Hall–Kier alpha value is -3.70. The SMILES string of the molecule is N#CCC1(n2cc(-c3ncnc4[nH]ccc34)c3ccccc32)CN(C(=O)C2CCCO2)C1. The van der Waals surface area contributed by atoms with Crippen molar-refractivity contribution >= 4 is 27.8 Å². The first-order valence-corrected chi connectivity index (χ1v) is 10.9. The lowest BCUT2D eigenvalue weighted by Crippen LogP contribution is -2.65. The van der Waals surface area contributed by atoms with Crippen LogP contribution in [0.5, 0.6) is 0 Å². The zero-order valence-electron chi connectivity index (χ0n) is 17.5. The second kappa shape index (κ2) is 7.18. The number of benzene rings is 1. The number of aromatic nitrogens is 4. The maximum atomic E-state index is 12.8. The molecular formula is C24H22N6O2. The Labute approximate surface area is 184 Å². The van der Waals surface area contributed by atoms with Crippen LogP contribution in [0.15, 0.2) is 49.1 Å². The highest BCUT2D eigenvalue weighted by Crippen LogP contribution is 2.41. The zero-order chi connectivity index (χ0) is 21.7. The molecule has 1 N–H and O–H groups in total. The summed E-state index contributed by atoms with van der Waals surface area (Å²) >= 11 is 0. The summed E-state index contributed by atoms with van der Waals surface area (Å²) < 4.78 is 7.77. The Balaban J connectivity index is 1.44. The van der Waals surface area contributed by atoms with Gasteiger partial charge in [-0.25, -0.2) is 9.97 Å². The van der Waals surface area contributed by atoms with Crippen molar-refractivity contribution in [2.24, 2.45) is 0 Å². The van der Waals surface area contributed by atoms with Crippen LogP contribution in [0.1, 0.15) is 19.3 Å². The van der Waals surface area contributed by atoms with Gasteiger partial charge in [-0.1, -0.05) is 18.2 Å². The van der Waals surface area contributed by atoms with Gasteiger partial charge in [0.25, 0.3) is 5.91 Å². The number of carbonyl (C=O) groups excluding carboxylic acids is 1. The number of likely N-dealkylation sites (tertiary alicyclic amines) is 1. The molecule has 0 spiro atoms. The van der Waals surface area contributed by atoms with Gasteiger partial charge in [0.2, 0.25) is 0 Å². The van der Waals surface area contributed by atoms with E-state index in [2.05, 4.69) is 43.9 Å². The maximum absolute atomic E-state index is 12.8. The number of nitrogens with zero attached hydrogens (tertiary/aromatic N) is 5. The minimum Gasteiger partial charge on any atom is -0.368 e. The lowest BCUT2D eigenvalue weighted by Gasteiger charge is -2.50. The third-order valence-electron chi connectivity index (χ3n) is 6.73. The largest absolute Gasteiger partial charge is 0.368 e. The standard InChI is InChI=1S/C24H22N6O2/c25-9-8-24(13-29(14-24)23(31)20-6-3-11-32-20)30-12-18(16-4-1-2-5-19(16)30)21-17-7-10-26-22(17)28-15-27-21/h1-2,4-5,7,10,12,15,20H,3,6,8,11,13-14H2,(H,26,27,28). The summed E-state index contributed by atoms with van der Waals surface area (Å²) in [6.45, 7) is 1.65. The molecule has 5 heterocycles. The Morgan fingerprint density at radius 2 is 2.12 bits per heavy atom. The normalized spacial score (nSPS) is 19.8. The van der Waals surface area contributed by atoms with E-state index in [0.717, 1.165) is 46.0 Å². The number of hydrogen-bond donors (Lipinski definition) is 1. The van der Waals surface area contributed by atoms with Crippen LogP contribution in [0.2, 0.25) is 0 Å². The molecule has 1 amide bonds. The first-order chi connectivity index (χ1) is 15.7. The fourth-order valence-electron chi connectivity index (χ4n) is 5.14. The highest BCUT2D eigenvalue weighted by molar-refractivity contribution is 6.02. The fraction of sp³-hybridized carbons (Fsp3) is 0.333. The molecule has 8 heteroatoms. The second-order valence-corrected chi connectivity index (χ2v) is 8.65. The summed E-state index contributed by atoms with van der Waals surface area (Å²) in [4.78, 5) is 26.7. The van der Waals surface area contributed by atoms with Gasteiger partial charge in [-0.05, 0) is 25.0 Å². The number of nitrogens with one attached hydrogen (secondary N) is 1. The minimum atomic E-state index is -0.467. The molecule has 4 aromatic rings. The lowest BCUT2D eigenvalue weighted by molar-refractivity contribution is -0.151. The van der Waals surface area contributed by atoms with Crippen LogP contribution in [0.3, 0.4) is 0 Å². The van der Waals surface area contributed by atoms with Crippen molar-refractivity contribution < 1.29 is 9.53 Å². The van der Waals surface area contributed by atoms with Gasteiger partial charge in [0.05, 0.1) is 23.7 Å². The molecule has 2 fully saturated rings. The Kier molecular flexibility index (Phi) is 4.26. The van der Waals surface area contributed by atoms with Crippen LogP contribution in [0.25, 0.3) is 33.2 Å². The third-order valence-corrected chi connectivity index (χ3v) is 6.73. The van der Waals surface area contributed by atoms with E-state index in [1.165, 1.54) is 0 Å². The van der Waals surface area contributed by atoms with Crippen molar-refractivity contribution in [1.29, 1.82) is 5.26 Å². The molecule has 0 saturated carbocycles. The average Bonchev–Trinajstić information content (AvgIpc) is 3.55. The molecule has 160 valence electrons. The highest BCUT2D eigenvalue weighted by atomic mass is 16.5. The first-order valence-electron chi connectivity index (χ1n) is 10.9. The van der Waals surface area contributed by atoms with Crippen molar-refractivity contribution in [3.63, 3.8) is 0 Å². The number of H-pyrrole nitrogens is 1. The third kappa shape index (κ3) is 2.75.